The summed E-state index contributed by atoms with van der Waals surface area (Å²) in [6, 6.07) is 0. The maximum absolute atomic E-state index is 11.1. The Morgan fingerprint density at radius 2 is 2.00 bits per heavy atom. The molecule has 5 heteroatoms. The van der Waals surface area contributed by atoms with Crippen LogP contribution in [0.3, 0.4) is 0 Å². The Kier molecular flexibility index (Phi) is 6.25. The van der Waals surface area contributed by atoms with Gasteiger partial charge in [-0.3, -0.25) is 9.36 Å². The largest absolute Gasteiger partial charge is 0.332 e. The van der Waals surface area contributed by atoms with E-state index in [0.717, 1.165) is 19.3 Å². The van der Waals surface area contributed by atoms with Crippen molar-refractivity contribution in [3.63, 3.8) is 0 Å². The predicted molar refractivity (Wildman–Crippen MR) is 55.2 cm³/mol. The summed E-state index contributed by atoms with van der Waals surface area (Å²) in [5.41, 5.74) is 0. The number of ketones is 1. The van der Waals surface area contributed by atoms with Crippen LogP contribution in [-0.4, -0.2) is 21.7 Å². The average molecular weight is 222 g/mol. The highest BCUT2D eigenvalue weighted by atomic mass is 31.2. The predicted octanol–water partition coefficient (Wildman–Crippen LogP) is 1.95. The summed E-state index contributed by atoms with van der Waals surface area (Å²) >= 11 is 0. The number of carbonyl (C=O) groups is 1. The molecule has 0 aliphatic rings. The lowest BCUT2D eigenvalue weighted by molar-refractivity contribution is -0.117. The van der Waals surface area contributed by atoms with Gasteiger partial charge in [0.2, 0.25) is 0 Å². The van der Waals surface area contributed by atoms with Gasteiger partial charge >= 0.3 is 7.60 Å². The van der Waals surface area contributed by atoms with Gasteiger partial charge in [-0.05, 0) is 5.92 Å². The first-order valence-electron chi connectivity index (χ1n) is 4.91. The van der Waals surface area contributed by atoms with Crippen molar-refractivity contribution in [1.29, 1.82) is 0 Å². The van der Waals surface area contributed by atoms with Crippen LogP contribution in [0, 0.1) is 5.92 Å². The van der Waals surface area contributed by atoms with Gasteiger partial charge in [-0.25, -0.2) is 0 Å². The van der Waals surface area contributed by atoms with Crippen LogP contribution in [0.1, 0.15) is 39.5 Å². The first kappa shape index (κ1) is 13.8. The zero-order valence-electron chi connectivity index (χ0n) is 8.77. The summed E-state index contributed by atoms with van der Waals surface area (Å²) in [7, 11) is -4.15. The van der Waals surface area contributed by atoms with Crippen LogP contribution in [0.15, 0.2) is 0 Å². The summed E-state index contributed by atoms with van der Waals surface area (Å²) in [5.74, 6) is -0.101. The van der Waals surface area contributed by atoms with E-state index in [4.69, 9.17) is 9.79 Å². The normalized spacial score (nSPS) is 14.0. The summed E-state index contributed by atoms with van der Waals surface area (Å²) in [6.45, 7) is 4.01. The van der Waals surface area contributed by atoms with Crippen molar-refractivity contribution in [2.45, 2.75) is 39.5 Å². The van der Waals surface area contributed by atoms with Gasteiger partial charge in [0.05, 0.1) is 0 Å². The van der Waals surface area contributed by atoms with E-state index in [2.05, 4.69) is 6.92 Å². The van der Waals surface area contributed by atoms with Gasteiger partial charge in [-0.15, -0.1) is 0 Å². The summed E-state index contributed by atoms with van der Waals surface area (Å²) in [5, 5.41) is 0. The highest BCUT2D eigenvalue weighted by Crippen LogP contribution is 2.34. The van der Waals surface area contributed by atoms with Crippen LogP contribution >= 0.6 is 7.60 Å². The van der Waals surface area contributed by atoms with Crippen LogP contribution in [0.5, 0.6) is 0 Å². The molecule has 0 spiro atoms. The minimum absolute atomic E-state index is 0.231. The van der Waals surface area contributed by atoms with E-state index >= 15 is 0 Å². The number of Topliss-reactive ketones (excluding diaryl/α,β-unsaturated/α-hetero) is 1. The van der Waals surface area contributed by atoms with E-state index in [1.807, 2.05) is 6.92 Å². The Balaban J connectivity index is 3.77. The fraction of sp³-hybridized carbons (Fsp3) is 0.889. The Morgan fingerprint density at radius 1 is 1.43 bits per heavy atom. The standard InChI is InChI=1S/C9H19O4P/c1-3-4-5-8(2)6-9(10)7-14(11,12)13/h8H,3-7H2,1-2H3,(H2,11,12,13)/t8-/m0/s1. The fourth-order valence-electron chi connectivity index (χ4n) is 1.34. The lowest BCUT2D eigenvalue weighted by atomic mass is 9.99. The zero-order chi connectivity index (χ0) is 11.2. The van der Waals surface area contributed by atoms with E-state index in [-0.39, 0.29) is 18.1 Å². The molecule has 0 aliphatic carbocycles. The molecule has 0 aromatic heterocycles. The molecule has 2 N–H and O–H groups in total. The monoisotopic (exact) mass is 222 g/mol. The first-order valence-corrected chi connectivity index (χ1v) is 6.71. The number of rotatable bonds is 7. The third-order valence-corrected chi connectivity index (χ3v) is 2.77. The maximum Gasteiger partial charge on any atom is 0.332 e. The van der Waals surface area contributed by atoms with Gasteiger partial charge in [0.15, 0.2) is 0 Å². The minimum atomic E-state index is -4.15. The van der Waals surface area contributed by atoms with Gasteiger partial charge in [-0.1, -0.05) is 33.1 Å². The lowest BCUT2D eigenvalue weighted by Crippen LogP contribution is -2.10. The Hall–Kier alpha value is -0.180. The number of hydrogen-bond donors (Lipinski definition) is 2. The molecule has 0 radical (unpaired) electrons. The second kappa shape index (κ2) is 6.33. The van der Waals surface area contributed by atoms with Gasteiger partial charge in [-0.2, -0.15) is 0 Å². The molecular formula is C9H19O4P. The Bertz CT molecular complexity index is 221. The van der Waals surface area contributed by atoms with E-state index in [1.165, 1.54) is 0 Å². The van der Waals surface area contributed by atoms with Crippen LogP contribution < -0.4 is 0 Å². The molecule has 0 aromatic rings. The SMILES string of the molecule is CCCC[C@H](C)CC(=O)CP(=O)(O)O. The number of hydrogen-bond acceptors (Lipinski definition) is 2. The summed E-state index contributed by atoms with van der Waals surface area (Å²) < 4.78 is 10.5. The second-order valence-corrected chi connectivity index (χ2v) is 5.46. The third kappa shape index (κ3) is 8.42. The van der Waals surface area contributed by atoms with Crippen molar-refractivity contribution in [2.24, 2.45) is 5.92 Å². The van der Waals surface area contributed by atoms with E-state index in [9.17, 15) is 9.36 Å². The molecule has 0 saturated carbocycles. The zero-order valence-corrected chi connectivity index (χ0v) is 9.67. The van der Waals surface area contributed by atoms with Crippen molar-refractivity contribution < 1.29 is 19.1 Å². The molecule has 1 atom stereocenters. The quantitative estimate of drug-likeness (QED) is 0.645. The van der Waals surface area contributed by atoms with Crippen molar-refractivity contribution in [3.05, 3.63) is 0 Å². The van der Waals surface area contributed by atoms with E-state index in [0.29, 0.717) is 0 Å². The van der Waals surface area contributed by atoms with Crippen LogP contribution in [0.25, 0.3) is 0 Å². The van der Waals surface area contributed by atoms with Crippen LogP contribution in [0.4, 0.5) is 0 Å². The van der Waals surface area contributed by atoms with Gasteiger partial charge in [0.25, 0.3) is 0 Å². The summed E-state index contributed by atoms with van der Waals surface area (Å²) in [4.78, 5) is 28.3. The molecule has 0 bridgehead atoms. The molecule has 0 aromatic carbocycles. The second-order valence-electron chi connectivity index (χ2n) is 3.81. The highest BCUT2D eigenvalue weighted by molar-refractivity contribution is 7.52. The molecule has 0 rings (SSSR count). The molecule has 0 heterocycles. The number of carbonyl (C=O) groups excluding carboxylic acids is 1. The average Bonchev–Trinajstić information content (AvgIpc) is 1.96. The Labute approximate surface area is 84.9 Å². The molecule has 14 heavy (non-hydrogen) atoms. The highest BCUT2D eigenvalue weighted by Gasteiger charge is 2.20. The third-order valence-electron chi connectivity index (χ3n) is 2.01. The van der Waals surface area contributed by atoms with E-state index < -0.39 is 13.8 Å². The maximum atomic E-state index is 11.1. The van der Waals surface area contributed by atoms with Crippen molar-refractivity contribution >= 4 is 13.4 Å². The molecule has 4 nitrogen and oxygen atoms in total. The van der Waals surface area contributed by atoms with Gasteiger partial charge < -0.3 is 9.79 Å². The summed E-state index contributed by atoms with van der Waals surface area (Å²) in [6.07, 6.45) is 2.76. The molecule has 0 amide bonds. The topological polar surface area (TPSA) is 74.6 Å². The molecule has 84 valence electrons. The van der Waals surface area contributed by atoms with Crippen LogP contribution in [0.2, 0.25) is 0 Å². The molecule has 0 fully saturated rings. The smallest absolute Gasteiger partial charge is 0.324 e. The van der Waals surface area contributed by atoms with Gasteiger partial charge in [0, 0.05) is 6.42 Å². The fourth-order valence-corrected chi connectivity index (χ4v) is 1.93. The van der Waals surface area contributed by atoms with Crippen LogP contribution in [-0.2, 0) is 9.36 Å². The number of unbranched alkanes of at least 4 members (excludes halogenated alkanes) is 1. The molecule has 0 unspecified atom stereocenters. The lowest BCUT2D eigenvalue weighted by Gasteiger charge is -2.09. The molecular weight excluding hydrogens is 203 g/mol. The van der Waals surface area contributed by atoms with E-state index in [1.54, 1.807) is 0 Å². The van der Waals surface area contributed by atoms with Crippen molar-refractivity contribution in [3.8, 4) is 0 Å². The minimum Gasteiger partial charge on any atom is -0.324 e. The Morgan fingerprint density at radius 3 is 2.43 bits per heavy atom. The van der Waals surface area contributed by atoms with Gasteiger partial charge in [0.1, 0.15) is 11.9 Å². The van der Waals surface area contributed by atoms with Crippen molar-refractivity contribution in [1.82, 2.24) is 0 Å². The molecule has 0 aliphatic heterocycles. The molecule has 0 saturated heterocycles. The first-order chi connectivity index (χ1) is 6.35. The van der Waals surface area contributed by atoms with Crippen molar-refractivity contribution in [2.75, 3.05) is 6.16 Å².